The van der Waals surface area contributed by atoms with Crippen LogP contribution in [0.25, 0.3) is 0 Å². The summed E-state index contributed by atoms with van der Waals surface area (Å²) >= 11 is 0. The molecule has 3 rings (SSSR count). The van der Waals surface area contributed by atoms with Crippen LogP contribution in [0.4, 0.5) is 0 Å². The van der Waals surface area contributed by atoms with E-state index in [1.807, 2.05) is 18.2 Å². The molecule has 2 fully saturated rings. The second-order valence-electron chi connectivity index (χ2n) is 7.70. The van der Waals surface area contributed by atoms with Gasteiger partial charge in [0, 0.05) is 13.1 Å². The SMILES string of the molecule is CCCN1CC2(CCN(C)CC2)C[C@@H]1C(=O)NCc1ccccc1. The largest absolute Gasteiger partial charge is 0.351 e. The zero-order valence-corrected chi connectivity index (χ0v) is 15.1. The number of benzene rings is 1. The zero-order chi connectivity index (χ0) is 17.0. The van der Waals surface area contributed by atoms with Crippen molar-refractivity contribution >= 4 is 5.91 Å². The number of amides is 1. The normalized spacial score (nSPS) is 24.3. The van der Waals surface area contributed by atoms with Crippen molar-refractivity contribution in [1.29, 1.82) is 0 Å². The van der Waals surface area contributed by atoms with E-state index in [2.05, 4.69) is 41.2 Å². The van der Waals surface area contributed by atoms with Crippen molar-refractivity contribution in [2.24, 2.45) is 5.41 Å². The van der Waals surface area contributed by atoms with Crippen molar-refractivity contribution < 1.29 is 4.79 Å². The number of carbonyl (C=O) groups is 1. The standard InChI is InChI=1S/C20H31N3O/c1-3-11-23-16-20(9-12-22(2)13-10-20)14-18(23)19(24)21-15-17-7-5-4-6-8-17/h4-8,18H,3,9-16H2,1-2H3,(H,21,24)/t18-/m1/s1. The van der Waals surface area contributed by atoms with Crippen molar-refractivity contribution in [3.63, 3.8) is 0 Å². The van der Waals surface area contributed by atoms with Gasteiger partial charge in [0.15, 0.2) is 0 Å². The fourth-order valence-corrected chi connectivity index (χ4v) is 4.28. The number of piperidine rings is 1. The number of carbonyl (C=O) groups excluding carboxylic acids is 1. The number of rotatable bonds is 5. The molecule has 0 saturated carbocycles. The van der Waals surface area contributed by atoms with Crippen LogP contribution in [0.5, 0.6) is 0 Å². The van der Waals surface area contributed by atoms with Gasteiger partial charge < -0.3 is 10.2 Å². The Balaban J connectivity index is 1.62. The smallest absolute Gasteiger partial charge is 0.237 e. The van der Waals surface area contributed by atoms with Gasteiger partial charge in [0.05, 0.1) is 6.04 Å². The lowest BCUT2D eigenvalue weighted by Crippen LogP contribution is -2.43. The van der Waals surface area contributed by atoms with Crippen LogP contribution in [0.1, 0.15) is 38.2 Å². The molecular weight excluding hydrogens is 298 g/mol. The molecule has 1 atom stereocenters. The highest BCUT2D eigenvalue weighted by molar-refractivity contribution is 5.82. The summed E-state index contributed by atoms with van der Waals surface area (Å²) in [5.74, 6) is 0.211. The first-order chi connectivity index (χ1) is 11.6. The molecule has 0 bridgehead atoms. The van der Waals surface area contributed by atoms with Gasteiger partial charge >= 0.3 is 0 Å². The topological polar surface area (TPSA) is 35.6 Å². The number of hydrogen-bond donors (Lipinski definition) is 1. The molecule has 0 radical (unpaired) electrons. The molecule has 0 aromatic heterocycles. The Morgan fingerprint density at radius 2 is 1.96 bits per heavy atom. The highest BCUT2D eigenvalue weighted by Gasteiger charge is 2.47. The van der Waals surface area contributed by atoms with Crippen LogP contribution < -0.4 is 5.32 Å². The molecule has 4 heteroatoms. The third-order valence-electron chi connectivity index (χ3n) is 5.78. The quantitative estimate of drug-likeness (QED) is 0.901. The second kappa shape index (κ2) is 7.66. The van der Waals surface area contributed by atoms with E-state index in [1.54, 1.807) is 0 Å². The van der Waals surface area contributed by atoms with Crippen molar-refractivity contribution in [3.8, 4) is 0 Å². The number of nitrogens with zero attached hydrogens (tertiary/aromatic N) is 2. The van der Waals surface area contributed by atoms with Gasteiger partial charge in [-0.3, -0.25) is 9.69 Å². The van der Waals surface area contributed by atoms with Crippen molar-refractivity contribution in [3.05, 3.63) is 35.9 Å². The maximum Gasteiger partial charge on any atom is 0.237 e. The first-order valence-electron chi connectivity index (χ1n) is 9.36. The summed E-state index contributed by atoms with van der Waals surface area (Å²) in [6.07, 6.45) is 4.60. The molecule has 1 N–H and O–H groups in total. The summed E-state index contributed by atoms with van der Waals surface area (Å²) < 4.78 is 0. The zero-order valence-electron chi connectivity index (χ0n) is 15.1. The predicted molar refractivity (Wildman–Crippen MR) is 97.7 cm³/mol. The predicted octanol–water partition coefficient (Wildman–Crippen LogP) is 2.50. The van der Waals surface area contributed by atoms with E-state index in [1.165, 1.54) is 18.4 Å². The molecule has 1 aromatic carbocycles. The highest BCUT2D eigenvalue weighted by atomic mass is 16.2. The first-order valence-corrected chi connectivity index (χ1v) is 9.36. The molecule has 24 heavy (non-hydrogen) atoms. The van der Waals surface area contributed by atoms with Crippen molar-refractivity contribution in [2.45, 2.75) is 45.2 Å². The van der Waals surface area contributed by atoms with Crippen LogP contribution in [0.2, 0.25) is 0 Å². The van der Waals surface area contributed by atoms with Crippen LogP contribution in [0, 0.1) is 5.41 Å². The summed E-state index contributed by atoms with van der Waals surface area (Å²) in [4.78, 5) is 17.7. The van der Waals surface area contributed by atoms with Gasteiger partial charge in [-0.15, -0.1) is 0 Å². The molecule has 1 amide bonds. The fraction of sp³-hybridized carbons (Fsp3) is 0.650. The Kier molecular flexibility index (Phi) is 5.57. The fourth-order valence-electron chi connectivity index (χ4n) is 4.28. The van der Waals surface area contributed by atoms with Gasteiger partial charge in [0.1, 0.15) is 0 Å². The Labute approximate surface area is 146 Å². The molecule has 1 aromatic rings. The van der Waals surface area contributed by atoms with Crippen LogP contribution in [0.15, 0.2) is 30.3 Å². The maximum absolute atomic E-state index is 12.8. The van der Waals surface area contributed by atoms with E-state index < -0.39 is 0 Å². The summed E-state index contributed by atoms with van der Waals surface area (Å²) in [5, 5.41) is 3.17. The van der Waals surface area contributed by atoms with Gasteiger partial charge in [-0.2, -0.15) is 0 Å². The Morgan fingerprint density at radius 3 is 2.62 bits per heavy atom. The van der Waals surface area contributed by atoms with Crippen LogP contribution in [-0.4, -0.2) is 55.0 Å². The summed E-state index contributed by atoms with van der Waals surface area (Å²) in [6, 6.07) is 10.2. The van der Waals surface area contributed by atoms with Crippen LogP contribution >= 0.6 is 0 Å². The minimum absolute atomic E-state index is 0.0528. The van der Waals surface area contributed by atoms with Crippen LogP contribution in [-0.2, 0) is 11.3 Å². The van der Waals surface area contributed by atoms with E-state index in [0.717, 1.165) is 39.0 Å². The molecule has 2 saturated heterocycles. The average Bonchev–Trinajstić information content (AvgIpc) is 2.95. The van der Waals surface area contributed by atoms with E-state index in [-0.39, 0.29) is 11.9 Å². The molecule has 0 unspecified atom stereocenters. The Morgan fingerprint density at radius 1 is 1.25 bits per heavy atom. The second-order valence-corrected chi connectivity index (χ2v) is 7.70. The summed E-state index contributed by atoms with van der Waals surface area (Å²) in [7, 11) is 2.20. The Hall–Kier alpha value is -1.39. The van der Waals surface area contributed by atoms with Crippen molar-refractivity contribution in [1.82, 2.24) is 15.1 Å². The monoisotopic (exact) mass is 329 g/mol. The average molecular weight is 329 g/mol. The van der Waals surface area contributed by atoms with Gasteiger partial charge in [-0.25, -0.2) is 0 Å². The molecule has 0 aliphatic carbocycles. The van der Waals surface area contributed by atoms with Crippen LogP contribution in [0.3, 0.4) is 0 Å². The van der Waals surface area contributed by atoms with Gasteiger partial charge in [-0.1, -0.05) is 37.3 Å². The maximum atomic E-state index is 12.8. The molecule has 2 heterocycles. The van der Waals surface area contributed by atoms with Crippen molar-refractivity contribution in [2.75, 3.05) is 33.2 Å². The Bertz CT molecular complexity index is 537. The number of nitrogens with one attached hydrogen (secondary N) is 1. The third kappa shape index (κ3) is 3.98. The minimum Gasteiger partial charge on any atom is -0.351 e. The lowest BCUT2D eigenvalue weighted by molar-refractivity contribution is -0.125. The molecule has 2 aliphatic heterocycles. The molecule has 2 aliphatic rings. The third-order valence-corrected chi connectivity index (χ3v) is 5.78. The molecular formula is C20H31N3O. The summed E-state index contributed by atoms with van der Waals surface area (Å²) in [6.45, 7) is 7.29. The first kappa shape index (κ1) is 17.4. The van der Waals surface area contributed by atoms with E-state index in [0.29, 0.717) is 12.0 Å². The highest BCUT2D eigenvalue weighted by Crippen LogP contribution is 2.43. The van der Waals surface area contributed by atoms with E-state index in [4.69, 9.17) is 0 Å². The lowest BCUT2D eigenvalue weighted by Gasteiger charge is -2.37. The lowest BCUT2D eigenvalue weighted by atomic mass is 9.76. The molecule has 4 nitrogen and oxygen atoms in total. The molecule has 132 valence electrons. The van der Waals surface area contributed by atoms with Gasteiger partial charge in [-0.05, 0) is 63.3 Å². The summed E-state index contributed by atoms with van der Waals surface area (Å²) in [5.41, 5.74) is 1.52. The number of likely N-dealkylation sites (tertiary alicyclic amines) is 2. The van der Waals surface area contributed by atoms with Gasteiger partial charge in [0.2, 0.25) is 5.91 Å². The van der Waals surface area contributed by atoms with Gasteiger partial charge in [0.25, 0.3) is 0 Å². The minimum atomic E-state index is 0.0528. The number of hydrogen-bond acceptors (Lipinski definition) is 3. The molecule has 1 spiro atoms. The van der Waals surface area contributed by atoms with E-state index >= 15 is 0 Å². The van der Waals surface area contributed by atoms with E-state index in [9.17, 15) is 4.79 Å².